The van der Waals surface area contributed by atoms with Gasteiger partial charge in [0.1, 0.15) is 5.76 Å². The van der Waals surface area contributed by atoms with Gasteiger partial charge in [-0.1, -0.05) is 29.8 Å². The molecule has 2 rings (SSSR count). The first kappa shape index (κ1) is 13.8. The molecule has 1 N–H and O–H groups in total. The fourth-order valence-corrected chi connectivity index (χ4v) is 2.02. The van der Waals surface area contributed by atoms with Crippen molar-refractivity contribution in [1.82, 2.24) is 10.3 Å². The van der Waals surface area contributed by atoms with Crippen molar-refractivity contribution >= 4 is 0 Å². The van der Waals surface area contributed by atoms with Crippen LogP contribution in [-0.2, 0) is 19.3 Å². The van der Waals surface area contributed by atoms with Gasteiger partial charge in [-0.2, -0.15) is 0 Å². The SMILES string of the molecule is CNCCCc1ncc(CCc2ccc(C)cc2)o1. The molecule has 0 fully saturated rings. The van der Waals surface area contributed by atoms with Crippen LogP contribution in [0.5, 0.6) is 0 Å². The van der Waals surface area contributed by atoms with E-state index in [1.807, 2.05) is 13.2 Å². The molecule has 0 radical (unpaired) electrons. The number of oxazole rings is 1. The minimum Gasteiger partial charge on any atom is -0.446 e. The fourth-order valence-electron chi connectivity index (χ4n) is 2.02. The van der Waals surface area contributed by atoms with Gasteiger partial charge >= 0.3 is 0 Å². The molecular formula is C16H22N2O. The van der Waals surface area contributed by atoms with Crippen LogP contribution in [0.1, 0.15) is 29.2 Å². The normalized spacial score (nSPS) is 10.8. The van der Waals surface area contributed by atoms with E-state index in [4.69, 9.17) is 4.42 Å². The van der Waals surface area contributed by atoms with Gasteiger partial charge in [0.2, 0.25) is 0 Å². The number of aryl methyl sites for hydroxylation is 4. The molecule has 102 valence electrons. The van der Waals surface area contributed by atoms with Gasteiger partial charge in [0, 0.05) is 12.8 Å². The Morgan fingerprint density at radius 3 is 2.63 bits per heavy atom. The minimum atomic E-state index is 0.856. The average Bonchev–Trinajstić information content (AvgIpc) is 2.86. The highest BCUT2D eigenvalue weighted by Crippen LogP contribution is 2.11. The Morgan fingerprint density at radius 2 is 1.89 bits per heavy atom. The standard InChI is InChI=1S/C16H22N2O/c1-13-5-7-14(8-6-13)9-10-15-12-18-16(19-15)4-3-11-17-2/h5-8,12,17H,3-4,9-11H2,1-2H3. The first-order valence-electron chi connectivity index (χ1n) is 6.91. The number of nitrogens with one attached hydrogen (secondary N) is 1. The van der Waals surface area contributed by atoms with Gasteiger partial charge in [-0.05, 0) is 38.9 Å². The predicted molar refractivity (Wildman–Crippen MR) is 77.3 cm³/mol. The van der Waals surface area contributed by atoms with Crippen LogP contribution in [0, 0.1) is 6.92 Å². The molecule has 0 amide bonds. The lowest BCUT2D eigenvalue weighted by Crippen LogP contribution is -2.08. The summed E-state index contributed by atoms with van der Waals surface area (Å²) < 4.78 is 5.74. The summed E-state index contributed by atoms with van der Waals surface area (Å²) in [7, 11) is 1.96. The molecule has 0 atom stereocenters. The smallest absolute Gasteiger partial charge is 0.194 e. The lowest BCUT2D eigenvalue weighted by atomic mass is 10.1. The highest BCUT2D eigenvalue weighted by Gasteiger charge is 2.04. The van der Waals surface area contributed by atoms with Gasteiger partial charge in [0.25, 0.3) is 0 Å². The van der Waals surface area contributed by atoms with Gasteiger partial charge in [-0.25, -0.2) is 4.98 Å². The maximum atomic E-state index is 5.74. The number of nitrogens with zero attached hydrogens (tertiary/aromatic N) is 1. The molecule has 3 nitrogen and oxygen atoms in total. The van der Waals surface area contributed by atoms with Crippen molar-refractivity contribution in [2.24, 2.45) is 0 Å². The Labute approximate surface area is 115 Å². The maximum Gasteiger partial charge on any atom is 0.194 e. The van der Waals surface area contributed by atoms with Crippen LogP contribution in [0.15, 0.2) is 34.9 Å². The average molecular weight is 258 g/mol. The third-order valence-electron chi connectivity index (χ3n) is 3.20. The summed E-state index contributed by atoms with van der Waals surface area (Å²) in [5, 5.41) is 3.13. The predicted octanol–water partition coefficient (Wildman–Crippen LogP) is 2.92. The van der Waals surface area contributed by atoms with Crippen LogP contribution in [0.3, 0.4) is 0 Å². The molecule has 1 heterocycles. The molecule has 2 aromatic rings. The summed E-state index contributed by atoms with van der Waals surface area (Å²) in [4.78, 5) is 4.32. The maximum absolute atomic E-state index is 5.74. The monoisotopic (exact) mass is 258 g/mol. The van der Waals surface area contributed by atoms with E-state index >= 15 is 0 Å². The van der Waals surface area contributed by atoms with E-state index in [-0.39, 0.29) is 0 Å². The van der Waals surface area contributed by atoms with Gasteiger partial charge < -0.3 is 9.73 Å². The highest BCUT2D eigenvalue weighted by atomic mass is 16.4. The second-order valence-electron chi connectivity index (χ2n) is 4.91. The van der Waals surface area contributed by atoms with Crippen LogP contribution < -0.4 is 5.32 Å². The Morgan fingerprint density at radius 1 is 1.11 bits per heavy atom. The molecule has 1 aromatic heterocycles. The molecule has 0 bridgehead atoms. The fraction of sp³-hybridized carbons (Fsp3) is 0.438. The third kappa shape index (κ3) is 4.52. The number of benzene rings is 1. The molecule has 0 aliphatic carbocycles. The second kappa shape index (κ2) is 7.10. The molecular weight excluding hydrogens is 236 g/mol. The topological polar surface area (TPSA) is 38.1 Å². The van der Waals surface area contributed by atoms with Gasteiger partial charge in [0.05, 0.1) is 6.20 Å². The number of rotatable bonds is 7. The summed E-state index contributed by atoms with van der Waals surface area (Å²) in [5.41, 5.74) is 2.65. The Bertz CT molecular complexity index is 488. The summed E-state index contributed by atoms with van der Waals surface area (Å²) in [5.74, 6) is 1.84. The first-order valence-corrected chi connectivity index (χ1v) is 6.91. The molecule has 19 heavy (non-hydrogen) atoms. The zero-order valence-corrected chi connectivity index (χ0v) is 11.8. The van der Waals surface area contributed by atoms with Crippen molar-refractivity contribution in [3.8, 4) is 0 Å². The van der Waals surface area contributed by atoms with E-state index in [2.05, 4.69) is 41.5 Å². The van der Waals surface area contributed by atoms with Crippen LogP contribution in [0.4, 0.5) is 0 Å². The van der Waals surface area contributed by atoms with Crippen molar-refractivity contribution < 1.29 is 4.42 Å². The quantitative estimate of drug-likeness (QED) is 0.776. The van der Waals surface area contributed by atoms with Crippen LogP contribution in [0.25, 0.3) is 0 Å². The highest BCUT2D eigenvalue weighted by molar-refractivity contribution is 5.21. The van der Waals surface area contributed by atoms with Gasteiger partial charge in [-0.3, -0.25) is 0 Å². The van der Waals surface area contributed by atoms with E-state index in [1.54, 1.807) is 0 Å². The molecule has 1 aromatic carbocycles. The van der Waals surface area contributed by atoms with E-state index in [9.17, 15) is 0 Å². The van der Waals surface area contributed by atoms with Crippen LogP contribution in [-0.4, -0.2) is 18.6 Å². The molecule has 0 saturated carbocycles. The lowest BCUT2D eigenvalue weighted by molar-refractivity contribution is 0.447. The number of hydrogen-bond acceptors (Lipinski definition) is 3. The molecule has 0 saturated heterocycles. The number of aromatic nitrogens is 1. The Balaban J connectivity index is 1.81. The molecule has 3 heteroatoms. The largest absolute Gasteiger partial charge is 0.446 e. The van der Waals surface area contributed by atoms with E-state index in [1.165, 1.54) is 11.1 Å². The molecule has 0 aliphatic heterocycles. The van der Waals surface area contributed by atoms with Crippen molar-refractivity contribution in [3.05, 3.63) is 53.2 Å². The van der Waals surface area contributed by atoms with E-state index in [0.29, 0.717) is 0 Å². The van der Waals surface area contributed by atoms with Crippen LogP contribution >= 0.6 is 0 Å². The van der Waals surface area contributed by atoms with Crippen molar-refractivity contribution in [2.75, 3.05) is 13.6 Å². The first-order chi connectivity index (χ1) is 9.28. The van der Waals surface area contributed by atoms with Gasteiger partial charge in [-0.15, -0.1) is 0 Å². The Hall–Kier alpha value is -1.61. The number of hydrogen-bond donors (Lipinski definition) is 1. The van der Waals surface area contributed by atoms with E-state index in [0.717, 1.165) is 43.9 Å². The summed E-state index contributed by atoms with van der Waals surface area (Å²) in [6, 6.07) is 8.66. The summed E-state index contributed by atoms with van der Waals surface area (Å²) >= 11 is 0. The van der Waals surface area contributed by atoms with Crippen molar-refractivity contribution in [3.63, 3.8) is 0 Å². The summed E-state index contributed by atoms with van der Waals surface area (Å²) in [6.45, 7) is 3.11. The molecule has 0 unspecified atom stereocenters. The van der Waals surface area contributed by atoms with Gasteiger partial charge in [0.15, 0.2) is 5.89 Å². The second-order valence-corrected chi connectivity index (χ2v) is 4.91. The zero-order chi connectivity index (χ0) is 13.5. The summed E-state index contributed by atoms with van der Waals surface area (Å²) in [6.07, 6.45) is 5.76. The van der Waals surface area contributed by atoms with Crippen molar-refractivity contribution in [2.45, 2.75) is 32.6 Å². The third-order valence-corrected chi connectivity index (χ3v) is 3.20. The van der Waals surface area contributed by atoms with E-state index < -0.39 is 0 Å². The minimum absolute atomic E-state index is 0.856. The zero-order valence-electron chi connectivity index (χ0n) is 11.8. The molecule has 0 aliphatic rings. The lowest BCUT2D eigenvalue weighted by Gasteiger charge is -2.00. The van der Waals surface area contributed by atoms with Crippen LogP contribution in [0.2, 0.25) is 0 Å². The van der Waals surface area contributed by atoms with Crippen molar-refractivity contribution in [1.29, 1.82) is 0 Å². The molecule has 0 spiro atoms. The Kier molecular flexibility index (Phi) is 5.16.